The molecule has 2 aliphatic rings. The maximum Gasteiger partial charge on any atom is 0.0222 e. The van der Waals surface area contributed by atoms with E-state index >= 15 is 0 Å². The molecular formula is C15H30N2S. The van der Waals surface area contributed by atoms with Gasteiger partial charge in [-0.3, -0.25) is 4.90 Å². The van der Waals surface area contributed by atoms with E-state index in [9.17, 15) is 0 Å². The van der Waals surface area contributed by atoms with E-state index in [2.05, 4.69) is 42.1 Å². The third kappa shape index (κ3) is 3.23. The maximum absolute atomic E-state index is 3.76. The zero-order chi connectivity index (χ0) is 13.0. The fraction of sp³-hybridized carbons (Fsp3) is 1.00. The molecule has 2 rings (SSSR count). The van der Waals surface area contributed by atoms with Gasteiger partial charge in [0.2, 0.25) is 0 Å². The first-order valence-corrected chi connectivity index (χ1v) is 9.10. The molecule has 18 heavy (non-hydrogen) atoms. The summed E-state index contributed by atoms with van der Waals surface area (Å²) >= 11 is 2.10. The van der Waals surface area contributed by atoms with Crippen LogP contribution in [-0.2, 0) is 0 Å². The van der Waals surface area contributed by atoms with Gasteiger partial charge in [0.25, 0.3) is 0 Å². The molecule has 0 radical (unpaired) electrons. The molecule has 0 aromatic heterocycles. The van der Waals surface area contributed by atoms with E-state index in [1.165, 1.54) is 51.6 Å². The van der Waals surface area contributed by atoms with Crippen LogP contribution in [0.1, 0.15) is 52.4 Å². The van der Waals surface area contributed by atoms with Crippen molar-refractivity contribution in [2.75, 3.05) is 19.3 Å². The Morgan fingerprint density at radius 2 is 2.11 bits per heavy atom. The summed E-state index contributed by atoms with van der Waals surface area (Å²) < 4.78 is 0. The molecule has 0 amide bonds. The summed E-state index contributed by atoms with van der Waals surface area (Å²) in [6, 6.07) is 2.36. The van der Waals surface area contributed by atoms with Gasteiger partial charge in [0.05, 0.1) is 0 Å². The number of hydrogen-bond donors (Lipinski definition) is 1. The number of nitrogens with one attached hydrogen (secondary N) is 1. The Kier molecular flexibility index (Phi) is 5.84. The molecule has 0 spiro atoms. The highest BCUT2D eigenvalue weighted by Crippen LogP contribution is 2.34. The van der Waals surface area contributed by atoms with Crippen LogP contribution < -0.4 is 5.32 Å². The van der Waals surface area contributed by atoms with E-state index in [1.54, 1.807) is 0 Å². The first-order chi connectivity index (χ1) is 8.80. The minimum atomic E-state index is 0.737. The highest BCUT2D eigenvalue weighted by atomic mass is 32.2. The van der Waals surface area contributed by atoms with Crippen LogP contribution in [0, 0.1) is 0 Å². The number of rotatable bonds is 5. The lowest BCUT2D eigenvalue weighted by Crippen LogP contribution is -2.60. The third-order valence-electron chi connectivity index (χ3n) is 4.80. The molecule has 106 valence electrons. The molecule has 0 aromatic carbocycles. The smallest absolute Gasteiger partial charge is 0.0222 e. The molecule has 1 N–H and O–H groups in total. The van der Waals surface area contributed by atoms with Gasteiger partial charge in [0.1, 0.15) is 0 Å². The summed E-state index contributed by atoms with van der Waals surface area (Å²) in [7, 11) is 0. The molecule has 3 heteroatoms. The summed E-state index contributed by atoms with van der Waals surface area (Å²) in [5.74, 6) is 0. The van der Waals surface area contributed by atoms with Crippen molar-refractivity contribution in [3.63, 3.8) is 0 Å². The van der Waals surface area contributed by atoms with Crippen molar-refractivity contribution in [1.29, 1.82) is 0 Å². The second-order valence-corrected chi connectivity index (χ2v) is 7.00. The molecule has 0 bridgehead atoms. The maximum atomic E-state index is 3.76. The van der Waals surface area contributed by atoms with Gasteiger partial charge in [0.15, 0.2) is 0 Å². The Balaban J connectivity index is 2.01. The topological polar surface area (TPSA) is 15.3 Å². The first-order valence-electron chi connectivity index (χ1n) is 7.82. The van der Waals surface area contributed by atoms with Crippen LogP contribution in [-0.4, -0.2) is 47.6 Å². The quantitative estimate of drug-likeness (QED) is 0.826. The van der Waals surface area contributed by atoms with E-state index in [0.29, 0.717) is 0 Å². The van der Waals surface area contributed by atoms with Crippen LogP contribution in [0.15, 0.2) is 0 Å². The summed E-state index contributed by atoms with van der Waals surface area (Å²) in [5.41, 5.74) is 0. The molecule has 1 heterocycles. The Morgan fingerprint density at radius 3 is 2.78 bits per heavy atom. The highest BCUT2D eigenvalue weighted by molar-refractivity contribution is 7.99. The minimum absolute atomic E-state index is 0.737. The zero-order valence-electron chi connectivity index (χ0n) is 12.3. The van der Waals surface area contributed by atoms with Crippen LogP contribution in [0.5, 0.6) is 0 Å². The van der Waals surface area contributed by atoms with Gasteiger partial charge in [-0.1, -0.05) is 26.7 Å². The molecule has 1 saturated carbocycles. The van der Waals surface area contributed by atoms with Gasteiger partial charge in [-0.2, -0.15) is 11.8 Å². The monoisotopic (exact) mass is 270 g/mol. The molecule has 1 aliphatic heterocycles. The average molecular weight is 270 g/mol. The lowest BCUT2D eigenvalue weighted by atomic mass is 10.0. The standard InChI is InChI=1S/C15H30N2S/c1-4-7-12-11-17(13(5-2)10-16-12)14-8-6-9-15(14)18-3/h12-16H,4-11H2,1-3H3. The van der Waals surface area contributed by atoms with Gasteiger partial charge in [0, 0.05) is 36.5 Å². The first kappa shape index (κ1) is 14.7. The van der Waals surface area contributed by atoms with Crippen molar-refractivity contribution in [1.82, 2.24) is 10.2 Å². The molecule has 4 unspecified atom stereocenters. The second kappa shape index (κ2) is 7.16. The second-order valence-electron chi connectivity index (χ2n) is 5.93. The van der Waals surface area contributed by atoms with E-state index in [1.807, 2.05) is 0 Å². The Morgan fingerprint density at radius 1 is 1.28 bits per heavy atom. The predicted molar refractivity (Wildman–Crippen MR) is 82.4 cm³/mol. The van der Waals surface area contributed by atoms with E-state index in [0.717, 1.165) is 23.4 Å². The van der Waals surface area contributed by atoms with E-state index in [-0.39, 0.29) is 0 Å². The normalized spacial score (nSPS) is 38.2. The number of piperazine rings is 1. The molecule has 1 saturated heterocycles. The Bertz CT molecular complexity index is 247. The largest absolute Gasteiger partial charge is 0.311 e. The molecule has 0 aromatic rings. The fourth-order valence-electron chi connectivity index (χ4n) is 3.78. The lowest BCUT2D eigenvalue weighted by Gasteiger charge is -2.45. The highest BCUT2D eigenvalue weighted by Gasteiger charge is 2.37. The Hall–Kier alpha value is 0.270. The van der Waals surface area contributed by atoms with Gasteiger partial charge >= 0.3 is 0 Å². The number of hydrogen-bond acceptors (Lipinski definition) is 3. The third-order valence-corrected chi connectivity index (χ3v) is 5.95. The molecule has 1 aliphatic carbocycles. The predicted octanol–water partition coefficient (Wildman–Crippen LogP) is 3.12. The number of thioether (sulfide) groups is 1. The van der Waals surface area contributed by atoms with Crippen molar-refractivity contribution in [2.45, 2.75) is 75.7 Å². The zero-order valence-corrected chi connectivity index (χ0v) is 13.1. The summed E-state index contributed by atoms with van der Waals surface area (Å²) in [4.78, 5) is 2.87. The van der Waals surface area contributed by atoms with Gasteiger partial charge in [-0.15, -0.1) is 0 Å². The van der Waals surface area contributed by atoms with Crippen LogP contribution in [0.3, 0.4) is 0 Å². The van der Waals surface area contributed by atoms with E-state index < -0.39 is 0 Å². The summed E-state index contributed by atoms with van der Waals surface area (Å²) in [5, 5.41) is 4.65. The molecule has 2 fully saturated rings. The van der Waals surface area contributed by atoms with Crippen LogP contribution in [0.4, 0.5) is 0 Å². The summed E-state index contributed by atoms with van der Waals surface area (Å²) in [6.45, 7) is 7.15. The minimum Gasteiger partial charge on any atom is -0.311 e. The van der Waals surface area contributed by atoms with Crippen molar-refractivity contribution in [2.24, 2.45) is 0 Å². The SMILES string of the molecule is CCCC1CN(C2CCCC2SC)C(CC)CN1. The molecule has 4 atom stereocenters. The van der Waals surface area contributed by atoms with Crippen molar-refractivity contribution >= 4 is 11.8 Å². The van der Waals surface area contributed by atoms with Gasteiger partial charge in [-0.05, 0) is 31.9 Å². The summed E-state index contributed by atoms with van der Waals surface area (Å²) in [6.07, 6.45) is 10.5. The van der Waals surface area contributed by atoms with Gasteiger partial charge < -0.3 is 5.32 Å². The lowest BCUT2D eigenvalue weighted by molar-refractivity contribution is 0.0808. The van der Waals surface area contributed by atoms with Crippen LogP contribution >= 0.6 is 11.8 Å². The fourth-order valence-corrected chi connectivity index (χ4v) is 4.78. The average Bonchev–Trinajstić information content (AvgIpc) is 2.87. The molecule has 2 nitrogen and oxygen atoms in total. The van der Waals surface area contributed by atoms with Crippen LogP contribution in [0.2, 0.25) is 0 Å². The van der Waals surface area contributed by atoms with Crippen molar-refractivity contribution in [3.8, 4) is 0 Å². The Labute approximate surface area is 117 Å². The van der Waals surface area contributed by atoms with Crippen LogP contribution in [0.25, 0.3) is 0 Å². The number of nitrogens with zero attached hydrogens (tertiary/aromatic N) is 1. The van der Waals surface area contributed by atoms with Crippen molar-refractivity contribution < 1.29 is 0 Å². The van der Waals surface area contributed by atoms with Crippen molar-refractivity contribution in [3.05, 3.63) is 0 Å². The molecular weight excluding hydrogens is 240 g/mol. The van der Waals surface area contributed by atoms with E-state index in [4.69, 9.17) is 0 Å². The van der Waals surface area contributed by atoms with Gasteiger partial charge in [-0.25, -0.2) is 0 Å².